The minimum atomic E-state index is -0.281. The highest BCUT2D eigenvalue weighted by Crippen LogP contribution is 2.52. The topological polar surface area (TPSA) is 80.1 Å². The second-order valence-corrected chi connectivity index (χ2v) is 8.24. The van der Waals surface area contributed by atoms with Crippen LogP contribution >= 0.6 is 15.9 Å². The lowest BCUT2D eigenvalue weighted by Gasteiger charge is -2.34. The van der Waals surface area contributed by atoms with Crippen molar-refractivity contribution in [2.24, 2.45) is 0 Å². The van der Waals surface area contributed by atoms with E-state index in [1.807, 2.05) is 32.0 Å². The summed E-state index contributed by atoms with van der Waals surface area (Å²) in [5.41, 5.74) is 1.81. The molecule has 0 atom stereocenters. The second-order valence-electron chi connectivity index (χ2n) is 7.32. The van der Waals surface area contributed by atoms with Crippen LogP contribution in [0.3, 0.4) is 0 Å². The number of halogens is 1. The van der Waals surface area contributed by atoms with Crippen LogP contribution in [0.1, 0.15) is 48.7 Å². The Labute approximate surface area is 159 Å². The van der Waals surface area contributed by atoms with Crippen molar-refractivity contribution in [2.75, 3.05) is 18.4 Å². The van der Waals surface area contributed by atoms with Crippen LogP contribution in [-0.4, -0.2) is 44.6 Å². The molecule has 4 rings (SSSR count). The molecule has 136 valence electrons. The third kappa shape index (κ3) is 3.02. The number of aromatic nitrogens is 3. The molecule has 1 aromatic heterocycles. The lowest BCUT2D eigenvalue weighted by molar-refractivity contribution is -0.117. The number of anilines is 1. The van der Waals surface area contributed by atoms with Gasteiger partial charge in [-0.1, -0.05) is 15.9 Å². The first-order valence-corrected chi connectivity index (χ1v) is 9.48. The lowest BCUT2D eigenvalue weighted by atomic mass is 9.86. The molecule has 1 aliphatic carbocycles. The van der Waals surface area contributed by atoms with Crippen molar-refractivity contribution in [2.45, 2.75) is 38.1 Å². The molecule has 1 fully saturated rings. The van der Waals surface area contributed by atoms with Crippen LogP contribution in [0.5, 0.6) is 0 Å². The van der Waals surface area contributed by atoms with Gasteiger partial charge in [0, 0.05) is 28.0 Å². The largest absolute Gasteiger partial charge is 0.328 e. The molecular formula is C18H20BrN5O2. The predicted molar refractivity (Wildman–Crippen MR) is 100.0 cm³/mol. The van der Waals surface area contributed by atoms with Crippen molar-refractivity contribution in [3.05, 3.63) is 40.1 Å². The molecule has 0 radical (unpaired) electrons. The van der Waals surface area contributed by atoms with Gasteiger partial charge >= 0.3 is 0 Å². The highest BCUT2D eigenvalue weighted by atomic mass is 79.9. The molecule has 2 aromatic rings. The van der Waals surface area contributed by atoms with E-state index in [0.717, 1.165) is 22.9 Å². The van der Waals surface area contributed by atoms with Crippen LogP contribution in [0.4, 0.5) is 5.95 Å². The third-order valence-corrected chi connectivity index (χ3v) is 5.53. The summed E-state index contributed by atoms with van der Waals surface area (Å²) in [5, 5.41) is 6.90. The molecule has 2 amide bonds. The number of carbonyl (C=O) groups excluding carboxylic acids is 2. The number of amides is 2. The van der Waals surface area contributed by atoms with E-state index < -0.39 is 0 Å². The molecule has 1 N–H and O–H groups in total. The number of benzene rings is 1. The molecule has 8 heteroatoms. The maximum absolute atomic E-state index is 12.8. The first kappa shape index (κ1) is 17.2. The standard InChI is InChI=1S/C18H20BrN5O2/c1-11(2)24-10-20-17(22-24)21-15(25)8-23-9-18(5-6-18)14-7-12(19)3-4-13(14)16(23)26/h3-4,7,10-11H,5-6,8-9H2,1-2H3,(H,21,22,25). The number of nitrogens with zero attached hydrogens (tertiary/aromatic N) is 4. The number of fused-ring (bicyclic) bond motifs is 2. The van der Waals surface area contributed by atoms with Gasteiger partial charge in [-0.2, -0.15) is 0 Å². The van der Waals surface area contributed by atoms with E-state index in [1.54, 1.807) is 15.9 Å². The van der Waals surface area contributed by atoms with Crippen LogP contribution in [-0.2, 0) is 10.2 Å². The molecule has 1 aliphatic heterocycles. The maximum Gasteiger partial charge on any atom is 0.254 e. The zero-order valence-electron chi connectivity index (χ0n) is 14.7. The van der Waals surface area contributed by atoms with E-state index in [4.69, 9.17) is 0 Å². The smallest absolute Gasteiger partial charge is 0.254 e. The molecule has 2 aliphatic rings. The molecular weight excluding hydrogens is 398 g/mol. The van der Waals surface area contributed by atoms with Crippen LogP contribution < -0.4 is 5.32 Å². The molecule has 2 heterocycles. The lowest BCUT2D eigenvalue weighted by Crippen LogP contribution is -2.46. The number of nitrogens with one attached hydrogen (secondary N) is 1. The van der Waals surface area contributed by atoms with Crippen LogP contribution in [0, 0.1) is 0 Å². The Morgan fingerprint density at radius 3 is 2.81 bits per heavy atom. The molecule has 0 saturated heterocycles. The monoisotopic (exact) mass is 417 g/mol. The van der Waals surface area contributed by atoms with Crippen molar-refractivity contribution >= 4 is 33.7 Å². The van der Waals surface area contributed by atoms with Crippen molar-refractivity contribution in [1.29, 1.82) is 0 Å². The number of hydrogen-bond donors (Lipinski definition) is 1. The van der Waals surface area contributed by atoms with Gasteiger partial charge < -0.3 is 4.90 Å². The molecule has 1 spiro atoms. The average Bonchev–Trinajstić information content (AvgIpc) is 3.20. The summed E-state index contributed by atoms with van der Waals surface area (Å²) in [7, 11) is 0. The third-order valence-electron chi connectivity index (χ3n) is 5.04. The Hall–Kier alpha value is -2.22. The zero-order chi connectivity index (χ0) is 18.5. The zero-order valence-corrected chi connectivity index (χ0v) is 16.3. The Balaban J connectivity index is 1.49. The minimum absolute atomic E-state index is 0.00474. The summed E-state index contributed by atoms with van der Waals surface area (Å²) in [6.45, 7) is 4.55. The summed E-state index contributed by atoms with van der Waals surface area (Å²) in [4.78, 5) is 30.9. The molecule has 7 nitrogen and oxygen atoms in total. The van der Waals surface area contributed by atoms with Gasteiger partial charge in [-0.25, -0.2) is 9.67 Å². The minimum Gasteiger partial charge on any atom is -0.328 e. The first-order valence-electron chi connectivity index (χ1n) is 8.68. The number of rotatable bonds is 4. The summed E-state index contributed by atoms with van der Waals surface area (Å²) >= 11 is 3.49. The van der Waals surface area contributed by atoms with Gasteiger partial charge in [0.25, 0.3) is 5.91 Å². The van der Waals surface area contributed by atoms with Crippen LogP contribution in [0.25, 0.3) is 0 Å². The molecule has 0 bridgehead atoms. The summed E-state index contributed by atoms with van der Waals surface area (Å²) in [6.07, 6.45) is 3.67. The Morgan fingerprint density at radius 1 is 1.38 bits per heavy atom. The Bertz CT molecular complexity index is 887. The number of hydrogen-bond acceptors (Lipinski definition) is 4. The summed E-state index contributed by atoms with van der Waals surface area (Å²) in [5.74, 6) is -0.115. The fourth-order valence-electron chi connectivity index (χ4n) is 3.46. The maximum atomic E-state index is 12.8. The molecule has 1 aromatic carbocycles. The normalized spacial score (nSPS) is 17.5. The van der Waals surface area contributed by atoms with Gasteiger partial charge in [-0.15, -0.1) is 5.10 Å². The van der Waals surface area contributed by atoms with E-state index in [2.05, 4.69) is 31.3 Å². The summed E-state index contributed by atoms with van der Waals surface area (Å²) in [6, 6.07) is 5.93. The van der Waals surface area contributed by atoms with Crippen LogP contribution in [0.15, 0.2) is 29.0 Å². The van der Waals surface area contributed by atoms with E-state index >= 15 is 0 Å². The van der Waals surface area contributed by atoms with Crippen molar-refractivity contribution in [3.63, 3.8) is 0 Å². The van der Waals surface area contributed by atoms with Crippen molar-refractivity contribution < 1.29 is 9.59 Å². The SMILES string of the molecule is CC(C)n1cnc(NC(=O)CN2CC3(CC3)c3cc(Br)ccc3C2=O)n1. The van der Waals surface area contributed by atoms with E-state index in [0.29, 0.717) is 12.1 Å². The van der Waals surface area contributed by atoms with E-state index in [1.165, 1.54) is 0 Å². The predicted octanol–water partition coefficient (Wildman–Crippen LogP) is 2.75. The molecule has 1 saturated carbocycles. The van der Waals surface area contributed by atoms with E-state index in [9.17, 15) is 9.59 Å². The fourth-order valence-corrected chi connectivity index (χ4v) is 3.82. The first-order chi connectivity index (χ1) is 12.4. The van der Waals surface area contributed by atoms with Gasteiger partial charge in [-0.3, -0.25) is 14.9 Å². The Kier molecular flexibility index (Phi) is 4.10. The molecule has 26 heavy (non-hydrogen) atoms. The van der Waals surface area contributed by atoms with E-state index in [-0.39, 0.29) is 35.8 Å². The fraction of sp³-hybridized carbons (Fsp3) is 0.444. The second kappa shape index (κ2) is 6.19. The average molecular weight is 418 g/mol. The van der Waals surface area contributed by atoms with Gasteiger partial charge in [0.05, 0.1) is 0 Å². The highest BCUT2D eigenvalue weighted by molar-refractivity contribution is 9.10. The summed E-state index contributed by atoms with van der Waals surface area (Å²) < 4.78 is 2.66. The highest BCUT2D eigenvalue weighted by Gasteiger charge is 2.51. The van der Waals surface area contributed by atoms with Crippen molar-refractivity contribution in [3.8, 4) is 0 Å². The van der Waals surface area contributed by atoms with Gasteiger partial charge in [0.15, 0.2) is 0 Å². The molecule has 0 unspecified atom stereocenters. The van der Waals surface area contributed by atoms with Crippen molar-refractivity contribution in [1.82, 2.24) is 19.7 Å². The Morgan fingerprint density at radius 2 is 2.15 bits per heavy atom. The van der Waals surface area contributed by atoms with Gasteiger partial charge in [0.2, 0.25) is 11.9 Å². The quantitative estimate of drug-likeness (QED) is 0.828. The van der Waals surface area contributed by atoms with Crippen LogP contribution in [0.2, 0.25) is 0 Å². The number of carbonyl (C=O) groups is 2. The van der Waals surface area contributed by atoms with Gasteiger partial charge in [0.1, 0.15) is 12.9 Å². The van der Waals surface area contributed by atoms with Gasteiger partial charge in [-0.05, 0) is 50.5 Å².